The first kappa shape index (κ1) is 18.8. The minimum absolute atomic E-state index is 0.0950. The van der Waals surface area contributed by atoms with E-state index in [1.165, 1.54) is 4.68 Å². The zero-order chi connectivity index (χ0) is 18.5. The number of amides is 1. The Kier molecular flexibility index (Phi) is 6.26. The third-order valence-corrected chi connectivity index (χ3v) is 5.37. The summed E-state index contributed by atoms with van der Waals surface area (Å²) in [5.74, 6) is 0.529. The predicted molar refractivity (Wildman–Crippen MR) is 101 cm³/mol. The first-order valence-electron chi connectivity index (χ1n) is 9.47. The summed E-state index contributed by atoms with van der Waals surface area (Å²) in [7, 11) is 3.78. The minimum Gasteiger partial charge on any atom is -0.370 e. The standard InChI is InChI=1S/C18H30N6O2/c1-21-5-3-6-23(9-8-21)14-17(25)19-11-15-4-7-24(13-15)16-10-18(26)22(2)20-12-16/h10,12,15H,3-9,11,13-14H2,1-2H3,(H,19,25)/t15-/m1/s1. The quantitative estimate of drug-likeness (QED) is 0.751. The molecule has 0 saturated carbocycles. The van der Waals surface area contributed by atoms with E-state index in [9.17, 15) is 9.59 Å². The minimum atomic E-state index is -0.0950. The lowest BCUT2D eigenvalue weighted by Crippen LogP contribution is -2.40. The normalized spacial score (nSPS) is 22.4. The summed E-state index contributed by atoms with van der Waals surface area (Å²) in [6.07, 6.45) is 3.87. The number of nitrogens with zero attached hydrogens (tertiary/aromatic N) is 5. The largest absolute Gasteiger partial charge is 0.370 e. The van der Waals surface area contributed by atoms with Gasteiger partial charge in [0.25, 0.3) is 5.56 Å². The Morgan fingerprint density at radius 2 is 2.08 bits per heavy atom. The number of carbonyl (C=O) groups excluding carboxylic acids is 1. The lowest BCUT2D eigenvalue weighted by molar-refractivity contribution is -0.122. The molecule has 0 unspecified atom stereocenters. The molecule has 0 bridgehead atoms. The fraction of sp³-hybridized carbons (Fsp3) is 0.722. The number of anilines is 1. The molecule has 2 aliphatic rings. The second-order valence-electron chi connectivity index (χ2n) is 7.51. The Morgan fingerprint density at radius 3 is 2.88 bits per heavy atom. The summed E-state index contributed by atoms with van der Waals surface area (Å²) in [5.41, 5.74) is 0.776. The van der Waals surface area contributed by atoms with Gasteiger partial charge in [0.2, 0.25) is 5.91 Å². The number of hydrogen-bond acceptors (Lipinski definition) is 6. The lowest BCUT2D eigenvalue weighted by atomic mass is 10.1. The van der Waals surface area contributed by atoms with Crippen molar-refractivity contribution in [3.05, 3.63) is 22.6 Å². The summed E-state index contributed by atoms with van der Waals surface area (Å²) in [4.78, 5) is 30.7. The van der Waals surface area contributed by atoms with E-state index >= 15 is 0 Å². The van der Waals surface area contributed by atoms with Gasteiger partial charge in [0.1, 0.15) is 0 Å². The molecule has 0 radical (unpaired) electrons. The fourth-order valence-corrected chi connectivity index (χ4v) is 3.64. The predicted octanol–water partition coefficient (Wildman–Crippen LogP) is -0.640. The van der Waals surface area contributed by atoms with Gasteiger partial charge in [-0.3, -0.25) is 14.5 Å². The summed E-state index contributed by atoms with van der Waals surface area (Å²) < 4.78 is 1.33. The molecular formula is C18H30N6O2. The maximum Gasteiger partial charge on any atom is 0.268 e. The number of nitrogens with one attached hydrogen (secondary N) is 1. The zero-order valence-corrected chi connectivity index (χ0v) is 15.9. The molecule has 3 heterocycles. The third-order valence-electron chi connectivity index (χ3n) is 5.37. The zero-order valence-electron chi connectivity index (χ0n) is 15.9. The van der Waals surface area contributed by atoms with E-state index in [0.29, 0.717) is 19.0 Å². The SMILES string of the molecule is CN1CCCN(CC(=O)NC[C@H]2CCN(c3cnn(C)c(=O)c3)C2)CC1. The topological polar surface area (TPSA) is 73.7 Å². The van der Waals surface area contributed by atoms with Crippen LogP contribution in [0.15, 0.2) is 17.1 Å². The molecule has 8 heteroatoms. The molecule has 3 rings (SSSR count). The number of likely N-dealkylation sites (N-methyl/N-ethyl adjacent to an activating group) is 1. The van der Waals surface area contributed by atoms with Crippen LogP contribution in [0.3, 0.4) is 0 Å². The summed E-state index contributed by atoms with van der Waals surface area (Å²) >= 11 is 0. The van der Waals surface area contributed by atoms with Gasteiger partial charge in [0.05, 0.1) is 18.4 Å². The first-order valence-corrected chi connectivity index (χ1v) is 9.47. The van der Waals surface area contributed by atoms with Crippen LogP contribution < -0.4 is 15.8 Å². The molecule has 1 N–H and O–H groups in total. The van der Waals surface area contributed by atoms with Crippen molar-refractivity contribution in [2.75, 3.05) is 64.3 Å². The highest BCUT2D eigenvalue weighted by atomic mass is 16.2. The number of aryl methyl sites for hydroxylation is 1. The smallest absolute Gasteiger partial charge is 0.268 e. The molecule has 144 valence electrons. The van der Waals surface area contributed by atoms with Gasteiger partial charge >= 0.3 is 0 Å². The average molecular weight is 362 g/mol. The number of aromatic nitrogens is 2. The Labute approximate surface area is 154 Å². The Hall–Kier alpha value is -1.93. The van der Waals surface area contributed by atoms with E-state index in [4.69, 9.17) is 0 Å². The maximum atomic E-state index is 12.3. The van der Waals surface area contributed by atoms with Crippen molar-refractivity contribution >= 4 is 11.6 Å². The van der Waals surface area contributed by atoms with Crippen LogP contribution in [-0.2, 0) is 11.8 Å². The molecule has 2 saturated heterocycles. The molecule has 0 aliphatic carbocycles. The summed E-state index contributed by atoms with van der Waals surface area (Å²) in [6.45, 7) is 7.01. The molecular weight excluding hydrogens is 332 g/mol. The van der Waals surface area contributed by atoms with Crippen LogP contribution in [0, 0.1) is 5.92 Å². The van der Waals surface area contributed by atoms with Gasteiger partial charge in [-0.2, -0.15) is 5.10 Å². The van der Waals surface area contributed by atoms with E-state index in [-0.39, 0.29) is 11.5 Å². The first-order chi connectivity index (χ1) is 12.5. The fourth-order valence-electron chi connectivity index (χ4n) is 3.64. The molecule has 0 spiro atoms. The number of carbonyl (C=O) groups is 1. The van der Waals surface area contributed by atoms with E-state index in [2.05, 4.69) is 32.2 Å². The van der Waals surface area contributed by atoms with Gasteiger partial charge in [-0.15, -0.1) is 0 Å². The Morgan fingerprint density at radius 1 is 1.23 bits per heavy atom. The van der Waals surface area contributed by atoms with Crippen molar-refractivity contribution in [3.63, 3.8) is 0 Å². The monoisotopic (exact) mass is 362 g/mol. The van der Waals surface area contributed by atoms with Crippen LogP contribution in [-0.4, -0.2) is 84.9 Å². The van der Waals surface area contributed by atoms with Crippen LogP contribution in [0.4, 0.5) is 5.69 Å². The van der Waals surface area contributed by atoms with Crippen LogP contribution in [0.5, 0.6) is 0 Å². The van der Waals surface area contributed by atoms with E-state index < -0.39 is 0 Å². The Bertz CT molecular complexity index is 676. The molecule has 1 atom stereocenters. The van der Waals surface area contributed by atoms with Gasteiger partial charge < -0.3 is 15.1 Å². The second-order valence-corrected chi connectivity index (χ2v) is 7.51. The van der Waals surface area contributed by atoms with E-state index in [0.717, 1.165) is 57.8 Å². The van der Waals surface area contributed by atoms with Crippen molar-refractivity contribution in [1.29, 1.82) is 0 Å². The number of hydrogen-bond donors (Lipinski definition) is 1. The Balaban J connectivity index is 1.42. The molecule has 1 aromatic rings. The molecule has 2 aliphatic heterocycles. The average Bonchev–Trinajstić information content (AvgIpc) is 3.00. The summed E-state index contributed by atoms with van der Waals surface area (Å²) in [6, 6.07) is 1.63. The van der Waals surface area contributed by atoms with Crippen molar-refractivity contribution in [3.8, 4) is 0 Å². The molecule has 26 heavy (non-hydrogen) atoms. The lowest BCUT2D eigenvalue weighted by Gasteiger charge is -2.20. The van der Waals surface area contributed by atoms with Crippen LogP contribution in [0.1, 0.15) is 12.8 Å². The van der Waals surface area contributed by atoms with Crippen molar-refractivity contribution in [1.82, 2.24) is 24.9 Å². The van der Waals surface area contributed by atoms with Gasteiger partial charge in [-0.25, -0.2) is 4.68 Å². The van der Waals surface area contributed by atoms with Gasteiger partial charge in [0, 0.05) is 45.8 Å². The van der Waals surface area contributed by atoms with Crippen LogP contribution >= 0.6 is 0 Å². The highest BCUT2D eigenvalue weighted by molar-refractivity contribution is 5.78. The second kappa shape index (κ2) is 8.64. The van der Waals surface area contributed by atoms with E-state index in [1.807, 2.05) is 0 Å². The molecule has 1 amide bonds. The van der Waals surface area contributed by atoms with Gasteiger partial charge in [-0.1, -0.05) is 0 Å². The van der Waals surface area contributed by atoms with Crippen molar-refractivity contribution in [2.24, 2.45) is 13.0 Å². The van der Waals surface area contributed by atoms with Gasteiger partial charge in [0.15, 0.2) is 0 Å². The van der Waals surface area contributed by atoms with E-state index in [1.54, 1.807) is 19.3 Å². The third kappa shape index (κ3) is 5.04. The van der Waals surface area contributed by atoms with Crippen molar-refractivity contribution in [2.45, 2.75) is 12.8 Å². The molecule has 2 fully saturated rings. The molecule has 0 aromatic carbocycles. The molecule has 8 nitrogen and oxygen atoms in total. The van der Waals surface area contributed by atoms with Crippen molar-refractivity contribution < 1.29 is 4.79 Å². The summed E-state index contributed by atoms with van der Waals surface area (Å²) in [5, 5.41) is 7.18. The molecule has 1 aromatic heterocycles. The highest BCUT2D eigenvalue weighted by Gasteiger charge is 2.24. The number of rotatable bonds is 5. The maximum absolute atomic E-state index is 12.3. The van der Waals surface area contributed by atoms with Crippen LogP contribution in [0.2, 0.25) is 0 Å². The van der Waals surface area contributed by atoms with Crippen LogP contribution in [0.25, 0.3) is 0 Å². The highest BCUT2D eigenvalue weighted by Crippen LogP contribution is 2.21. The van der Waals surface area contributed by atoms with Gasteiger partial charge in [-0.05, 0) is 38.9 Å².